The molecular weight excluding hydrogens is 316 g/mol. The molecule has 1 heterocycles. The summed E-state index contributed by atoms with van der Waals surface area (Å²) in [5.74, 6) is 0.301. The van der Waals surface area contributed by atoms with Gasteiger partial charge in [0.2, 0.25) is 10.0 Å². The summed E-state index contributed by atoms with van der Waals surface area (Å²) in [6.45, 7) is 1.24. The normalized spacial score (nSPS) is 24.5. The Morgan fingerprint density at radius 1 is 1.13 bits per heavy atom. The first-order valence-corrected chi connectivity index (χ1v) is 10.4. The number of ether oxygens (including phenoxy) is 1. The van der Waals surface area contributed by atoms with Crippen molar-refractivity contribution in [2.24, 2.45) is 10.7 Å². The zero-order valence-electron chi connectivity index (χ0n) is 13.8. The molecule has 0 amide bonds. The van der Waals surface area contributed by atoms with E-state index in [4.69, 9.17) is 10.5 Å². The van der Waals surface area contributed by atoms with E-state index in [1.807, 2.05) is 0 Å². The van der Waals surface area contributed by atoms with E-state index in [9.17, 15) is 8.42 Å². The minimum atomic E-state index is -3.33. The highest BCUT2D eigenvalue weighted by Gasteiger charge is 2.17. The Hall–Kier alpha value is -0.860. The molecule has 134 valence electrons. The van der Waals surface area contributed by atoms with Gasteiger partial charge in [-0.3, -0.25) is 4.99 Å². The van der Waals surface area contributed by atoms with Gasteiger partial charge in [-0.15, -0.1) is 0 Å². The van der Waals surface area contributed by atoms with E-state index < -0.39 is 10.0 Å². The third kappa shape index (κ3) is 7.50. The van der Waals surface area contributed by atoms with Gasteiger partial charge in [0.05, 0.1) is 18.4 Å². The van der Waals surface area contributed by atoms with Gasteiger partial charge in [-0.1, -0.05) is 19.3 Å². The van der Waals surface area contributed by atoms with Crippen molar-refractivity contribution >= 4 is 16.0 Å². The van der Waals surface area contributed by atoms with Crippen LogP contribution in [0.1, 0.15) is 51.4 Å². The summed E-state index contributed by atoms with van der Waals surface area (Å²) in [7, 11) is -3.33. The first-order valence-electron chi connectivity index (χ1n) is 8.70. The Kier molecular flexibility index (Phi) is 7.58. The fourth-order valence-corrected chi connectivity index (χ4v) is 3.96. The number of aliphatic imine (C=N–C) groups is 1. The topological polar surface area (TPSA) is 106 Å². The summed E-state index contributed by atoms with van der Waals surface area (Å²) >= 11 is 0. The minimum Gasteiger partial charge on any atom is -0.377 e. The maximum Gasteiger partial charge on any atom is 0.213 e. The first kappa shape index (κ1) is 18.5. The summed E-state index contributed by atoms with van der Waals surface area (Å²) in [6, 6.07) is 0.380. The molecule has 2 rings (SSSR count). The third-order valence-electron chi connectivity index (χ3n) is 4.40. The van der Waals surface area contributed by atoms with Crippen molar-refractivity contribution < 1.29 is 13.2 Å². The highest BCUT2D eigenvalue weighted by Crippen LogP contribution is 2.17. The molecule has 23 heavy (non-hydrogen) atoms. The van der Waals surface area contributed by atoms with Crippen LogP contribution in [0.4, 0.5) is 0 Å². The van der Waals surface area contributed by atoms with Gasteiger partial charge < -0.3 is 15.8 Å². The Morgan fingerprint density at radius 2 is 1.87 bits per heavy atom. The standard InChI is InChI=1S/C15H30N4O3S/c16-15(19-13-6-2-1-3-7-13)17-9-11-23(20,21)18-12-14-8-4-5-10-22-14/h13-14,18H,1-12H2,(H3,16,17,19). The Bertz CT molecular complexity index is 469. The van der Waals surface area contributed by atoms with Crippen molar-refractivity contribution in [3.8, 4) is 0 Å². The van der Waals surface area contributed by atoms with Crippen LogP contribution < -0.4 is 15.8 Å². The van der Waals surface area contributed by atoms with Gasteiger partial charge in [-0.2, -0.15) is 0 Å². The van der Waals surface area contributed by atoms with Gasteiger partial charge in [0.25, 0.3) is 0 Å². The fourth-order valence-electron chi connectivity index (χ4n) is 3.05. The van der Waals surface area contributed by atoms with E-state index in [-0.39, 0.29) is 18.4 Å². The molecule has 1 aliphatic carbocycles. The highest BCUT2D eigenvalue weighted by atomic mass is 32.2. The van der Waals surface area contributed by atoms with Gasteiger partial charge in [0, 0.05) is 19.2 Å². The molecule has 0 radical (unpaired) electrons. The molecule has 1 unspecified atom stereocenters. The lowest BCUT2D eigenvalue weighted by Gasteiger charge is -2.23. The number of nitrogens with one attached hydrogen (secondary N) is 2. The molecule has 0 aromatic carbocycles. The lowest BCUT2D eigenvalue weighted by Crippen LogP contribution is -2.41. The second kappa shape index (κ2) is 9.44. The number of hydrogen-bond acceptors (Lipinski definition) is 4. The molecule has 0 aromatic heterocycles. The molecule has 0 spiro atoms. The number of hydrogen-bond donors (Lipinski definition) is 3. The zero-order valence-corrected chi connectivity index (χ0v) is 14.6. The van der Waals surface area contributed by atoms with E-state index >= 15 is 0 Å². The molecule has 7 nitrogen and oxygen atoms in total. The fraction of sp³-hybridized carbons (Fsp3) is 0.933. The Labute approximate surface area is 139 Å². The van der Waals surface area contributed by atoms with E-state index in [0.717, 1.165) is 38.7 Å². The summed E-state index contributed by atoms with van der Waals surface area (Å²) in [6.07, 6.45) is 9.00. The second-order valence-corrected chi connectivity index (χ2v) is 8.33. The highest BCUT2D eigenvalue weighted by molar-refractivity contribution is 7.89. The Balaban J connectivity index is 1.65. The van der Waals surface area contributed by atoms with Gasteiger partial charge >= 0.3 is 0 Å². The minimum absolute atomic E-state index is 0.0000592. The van der Waals surface area contributed by atoms with E-state index in [1.165, 1.54) is 19.3 Å². The predicted octanol–water partition coefficient (Wildman–Crippen LogP) is 0.712. The number of guanidine groups is 1. The molecule has 1 aliphatic heterocycles. The Morgan fingerprint density at radius 3 is 2.57 bits per heavy atom. The smallest absolute Gasteiger partial charge is 0.213 e. The summed E-state index contributed by atoms with van der Waals surface area (Å²) in [4.78, 5) is 4.13. The van der Waals surface area contributed by atoms with Crippen LogP contribution >= 0.6 is 0 Å². The largest absolute Gasteiger partial charge is 0.377 e. The lowest BCUT2D eigenvalue weighted by atomic mass is 9.96. The van der Waals surface area contributed by atoms with Crippen LogP contribution in [0.5, 0.6) is 0 Å². The van der Waals surface area contributed by atoms with E-state index in [0.29, 0.717) is 18.5 Å². The van der Waals surface area contributed by atoms with Crippen molar-refractivity contribution in [3.63, 3.8) is 0 Å². The van der Waals surface area contributed by atoms with E-state index in [2.05, 4.69) is 15.0 Å². The quantitative estimate of drug-likeness (QED) is 0.465. The van der Waals surface area contributed by atoms with Crippen LogP contribution in [0.25, 0.3) is 0 Å². The van der Waals surface area contributed by atoms with E-state index in [1.54, 1.807) is 0 Å². The predicted molar refractivity (Wildman–Crippen MR) is 91.9 cm³/mol. The van der Waals surface area contributed by atoms with Crippen molar-refractivity contribution in [2.45, 2.75) is 63.5 Å². The average Bonchev–Trinajstić information content (AvgIpc) is 2.55. The number of rotatable bonds is 7. The SMILES string of the molecule is NC(=NCCS(=O)(=O)NCC1CCCCO1)NC1CCCCC1. The number of nitrogens with two attached hydrogens (primary N) is 1. The maximum absolute atomic E-state index is 11.9. The number of sulfonamides is 1. The van der Waals surface area contributed by atoms with Crippen molar-refractivity contribution in [3.05, 3.63) is 0 Å². The van der Waals surface area contributed by atoms with Gasteiger partial charge in [-0.25, -0.2) is 13.1 Å². The molecule has 1 saturated heterocycles. The van der Waals surface area contributed by atoms with Crippen LogP contribution in [0.3, 0.4) is 0 Å². The first-order chi connectivity index (χ1) is 11.1. The average molecular weight is 346 g/mol. The molecular formula is C15H30N4O3S. The van der Waals surface area contributed by atoms with Crippen molar-refractivity contribution in [1.29, 1.82) is 0 Å². The molecule has 1 atom stereocenters. The second-order valence-electron chi connectivity index (χ2n) is 6.40. The number of nitrogens with zero attached hydrogens (tertiary/aromatic N) is 1. The molecule has 0 aromatic rings. The summed E-state index contributed by atoms with van der Waals surface area (Å²) in [5, 5.41) is 3.18. The van der Waals surface area contributed by atoms with Crippen LogP contribution in [-0.4, -0.2) is 52.0 Å². The monoisotopic (exact) mass is 346 g/mol. The van der Waals surface area contributed by atoms with Gasteiger partial charge in [0.1, 0.15) is 0 Å². The van der Waals surface area contributed by atoms with Crippen molar-refractivity contribution in [2.75, 3.05) is 25.4 Å². The zero-order chi connectivity index (χ0) is 16.5. The lowest BCUT2D eigenvalue weighted by molar-refractivity contribution is 0.0200. The van der Waals surface area contributed by atoms with Crippen LogP contribution in [0.15, 0.2) is 4.99 Å². The molecule has 0 bridgehead atoms. The van der Waals surface area contributed by atoms with Crippen LogP contribution in [0.2, 0.25) is 0 Å². The molecule has 1 saturated carbocycles. The van der Waals surface area contributed by atoms with Crippen LogP contribution in [0, 0.1) is 0 Å². The third-order valence-corrected chi connectivity index (χ3v) is 5.73. The van der Waals surface area contributed by atoms with Crippen molar-refractivity contribution in [1.82, 2.24) is 10.0 Å². The molecule has 8 heteroatoms. The van der Waals surface area contributed by atoms with Gasteiger partial charge in [0.15, 0.2) is 5.96 Å². The summed E-state index contributed by atoms with van der Waals surface area (Å²) < 4.78 is 32.0. The molecule has 4 N–H and O–H groups in total. The summed E-state index contributed by atoms with van der Waals surface area (Å²) in [5.41, 5.74) is 5.83. The van der Waals surface area contributed by atoms with Gasteiger partial charge in [-0.05, 0) is 32.1 Å². The van der Waals surface area contributed by atoms with Crippen LogP contribution in [-0.2, 0) is 14.8 Å². The maximum atomic E-state index is 11.9. The molecule has 2 fully saturated rings. The molecule has 2 aliphatic rings.